The first kappa shape index (κ1) is 13.2. The normalized spacial score (nSPS) is 23.1. The number of hydrogen-bond donors (Lipinski definition) is 0. The summed E-state index contributed by atoms with van der Waals surface area (Å²) >= 11 is 0. The first-order valence-electron chi connectivity index (χ1n) is 5.91. The molecule has 1 aliphatic heterocycles. The van der Waals surface area contributed by atoms with Crippen LogP contribution in [-0.4, -0.2) is 42.5 Å². The largest absolute Gasteiger partial charge is 0.349 e. The molecule has 1 unspecified atom stereocenters. The highest BCUT2D eigenvalue weighted by molar-refractivity contribution is 7.91. The zero-order valence-corrected chi connectivity index (χ0v) is 11.2. The number of hydrogen-bond acceptors (Lipinski definition) is 5. The Balaban J connectivity index is 2.33. The van der Waals surface area contributed by atoms with E-state index in [-0.39, 0.29) is 29.9 Å². The molecule has 1 aliphatic rings. The van der Waals surface area contributed by atoms with Gasteiger partial charge >= 0.3 is 0 Å². The van der Waals surface area contributed by atoms with Gasteiger partial charge in [-0.15, -0.1) is 0 Å². The lowest BCUT2D eigenvalue weighted by atomic mass is 10.2. The van der Waals surface area contributed by atoms with Crippen molar-refractivity contribution in [1.82, 2.24) is 9.97 Å². The molecule has 7 heteroatoms. The van der Waals surface area contributed by atoms with E-state index in [1.807, 2.05) is 6.92 Å². The maximum absolute atomic E-state index is 14.1. The Labute approximate surface area is 106 Å². The fraction of sp³-hybridized carbons (Fsp3) is 0.636. The average molecular weight is 273 g/mol. The highest BCUT2D eigenvalue weighted by atomic mass is 32.2. The number of halogens is 1. The number of aryl methyl sites for hydroxylation is 1. The standard InChI is InChI=1S/C11H16FN3O2S/c1-3-9-10(12)11(14-7-13-9)15-4-5-18(16,17)6-8(15)2/h7-8H,3-6H2,1-2H3. The number of nitrogens with zero attached hydrogens (tertiary/aromatic N) is 3. The average Bonchev–Trinajstić information content (AvgIpc) is 2.29. The molecule has 1 fully saturated rings. The highest BCUT2D eigenvalue weighted by Gasteiger charge is 2.30. The number of anilines is 1. The molecule has 1 aromatic rings. The van der Waals surface area contributed by atoms with E-state index >= 15 is 0 Å². The molecule has 0 bridgehead atoms. The third-order valence-corrected chi connectivity index (χ3v) is 4.92. The molecule has 0 N–H and O–H groups in total. The van der Waals surface area contributed by atoms with Crippen LogP contribution < -0.4 is 4.90 Å². The summed E-state index contributed by atoms with van der Waals surface area (Å²) in [4.78, 5) is 9.53. The van der Waals surface area contributed by atoms with Gasteiger partial charge < -0.3 is 4.90 Å². The van der Waals surface area contributed by atoms with Gasteiger partial charge in [-0.1, -0.05) is 6.92 Å². The Morgan fingerprint density at radius 1 is 1.50 bits per heavy atom. The lowest BCUT2D eigenvalue weighted by Gasteiger charge is -2.34. The van der Waals surface area contributed by atoms with Gasteiger partial charge in [-0.25, -0.2) is 22.8 Å². The fourth-order valence-electron chi connectivity index (χ4n) is 2.16. The van der Waals surface area contributed by atoms with Gasteiger partial charge in [0, 0.05) is 12.6 Å². The molecule has 0 saturated carbocycles. The second kappa shape index (κ2) is 4.79. The predicted octanol–water partition coefficient (Wildman–Crippen LogP) is 0.801. The second-order valence-electron chi connectivity index (χ2n) is 4.47. The quantitative estimate of drug-likeness (QED) is 0.797. The molecule has 2 heterocycles. The van der Waals surface area contributed by atoms with E-state index in [1.165, 1.54) is 6.33 Å². The lowest BCUT2D eigenvalue weighted by Crippen LogP contribution is -2.47. The van der Waals surface area contributed by atoms with Crippen LogP contribution >= 0.6 is 0 Å². The van der Waals surface area contributed by atoms with Crippen molar-refractivity contribution in [2.45, 2.75) is 26.3 Å². The topological polar surface area (TPSA) is 63.2 Å². The van der Waals surface area contributed by atoms with Crippen LogP contribution in [0.4, 0.5) is 10.2 Å². The van der Waals surface area contributed by atoms with Crippen LogP contribution in [0, 0.1) is 5.82 Å². The summed E-state index contributed by atoms with van der Waals surface area (Å²) in [5.41, 5.74) is 0.362. The molecule has 0 amide bonds. The van der Waals surface area contributed by atoms with Crippen molar-refractivity contribution in [2.75, 3.05) is 23.0 Å². The van der Waals surface area contributed by atoms with Gasteiger partial charge in [0.2, 0.25) is 0 Å². The van der Waals surface area contributed by atoms with Gasteiger partial charge in [0.1, 0.15) is 6.33 Å². The van der Waals surface area contributed by atoms with Crippen molar-refractivity contribution in [3.63, 3.8) is 0 Å². The highest BCUT2D eigenvalue weighted by Crippen LogP contribution is 2.23. The molecule has 100 valence electrons. The lowest BCUT2D eigenvalue weighted by molar-refractivity contribution is 0.547. The van der Waals surface area contributed by atoms with Crippen LogP contribution in [-0.2, 0) is 16.3 Å². The van der Waals surface area contributed by atoms with Crippen molar-refractivity contribution in [2.24, 2.45) is 0 Å². The Kier molecular flexibility index (Phi) is 3.52. The minimum absolute atomic E-state index is 0.0396. The van der Waals surface area contributed by atoms with Crippen molar-refractivity contribution >= 4 is 15.7 Å². The van der Waals surface area contributed by atoms with Crippen LogP contribution in [0.25, 0.3) is 0 Å². The zero-order valence-electron chi connectivity index (χ0n) is 10.4. The monoisotopic (exact) mass is 273 g/mol. The van der Waals surface area contributed by atoms with E-state index in [2.05, 4.69) is 9.97 Å². The second-order valence-corrected chi connectivity index (χ2v) is 6.70. The summed E-state index contributed by atoms with van der Waals surface area (Å²) in [6.07, 6.45) is 1.81. The minimum atomic E-state index is -3.01. The molecule has 18 heavy (non-hydrogen) atoms. The van der Waals surface area contributed by atoms with Gasteiger partial charge in [-0.2, -0.15) is 0 Å². The van der Waals surface area contributed by atoms with Crippen LogP contribution in [0.2, 0.25) is 0 Å². The van der Waals surface area contributed by atoms with Crippen molar-refractivity contribution < 1.29 is 12.8 Å². The SMILES string of the molecule is CCc1ncnc(N2CCS(=O)(=O)CC2C)c1F. The van der Waals surface area contributed by atoms with E-state index in [0.717, 1.165) is 0 Å². The number of sulfone groups is 1. The molecule has 5 nitrogen and oxygen atoms in total. The molecule has 1 saturated heterocycles. The summed E-state index contributed by atoms with van der Waals surface area (Å²) in [6.45, 7) is 3.86. The molecule has 0 spiro atoms. The summed E-state index contributed by atoms with van der Waals surface area (Å²) in [5, 5.41) is 0. The number of rotatable bonds is 2. The predicted molar refractivity (Wildman–Crippen MR) is 66.8 cm³/mol. The maximum Gasteiger partial charge on any atom is 0.187 e. The van der Waals surface area contributed by atoms with Gasteiger partial charge in [0.05, 0.1) is 17.2 Å². The Hall–Kier alpha value is -1.24. The molecule has 0 aliphatic carbocycles. The Morgan fingerprint density at radius 2 is 2.22 bits per heavy atom. The van der Waals surface area contributed by atoms with E-state index in [1.54, 1.807) is 11.8 Å². The Morgan fingerprint density at radius 3 is 2.83 bits per heavy atom. The summed E-state index contributed by atoms with van der Waals surface area (Å²) in [7, 11) is -3.01. The first-order chi connectivity index (χ1) is 8.44. The van der Waals surface area contributed by atoms with Gasteiger partial charge in [0.25, 0.3) is 0 Å². The third-order valence-electron chi connectivity index (χ3n) is 3.12. The van der Waals surface area contributed by atoms with Crippen molar-refractivity contribution in [3.05, 3.63) is 17.8 Å². The molecule has 1 aromatic heterocycles. The van der Waals surface area contributed by atoms with E-state index in [9.17, 15) is 12.8 Å². The van der Waals surface area contributed by atoms with E-state index < -0.39 is 15.7 Å². The van der Waals surface area contributed by atoms with Crippen molar-refractivity contribution in [1.29, 1.82) is 0 Å². The van der Waals surface area contributed by atoms with Gasteiger partial charge in [-0.3, -0.25) is 0 Å². The first-order valence-corrected chi connectivity index (χ1v) is 7.73. The summed E-state index contributed by atoms with van der Waals surface area (Å²) in [5.74, 6) is -0.143. The molecule has 1 atom stereocenters. The minimum Gasteiger partial charge on any atom is -0.349 e. The van der Waals surface area contributed by atoms with Crippen LogP contribution in [0.1, 0.15) is 19.5 Å². The fourth-order valence-corrected chi connectivity index (χ4v) is 3.71. The van der Waals surface area contributed by atoms with E-state index in [0.29, 0.717) is 12.1 Å². The van der Waals surface area contributed by atoms with Crippen LogP contribution in [0.3, 0.4) is 0 Å². The van der Waals surface area contributed by atoms with Gasteiger partial charge in [-0.05, 0) is 13.3 Å². The van der Waals surface area contributed by atoms with Crippen LogP contribution in [0.15, 0.2) is 6.33 Å². The van der Waals surface area contributed by atoms with Gasteiger partial charge in [0.15, 0.2) is 21.5 Å². The van der Waals surface area contributed by atoms with E-state index in [4.69, 9.17) is 0 Å². The summed E-state index contributed by atoms with van der Waals surface area (Å²) < 4.78 is 37.1. The third kappa shape index (κ3) is 2.45. The molecule has 2 rings (SSSR count). The molecule has 0 aromatic carbocycles. The maximum atomic E-state index is 14.1. The zero-order chi connectivity index (χ0) is 13.3. The Bertz CT molecular complexity index is 547. The molecular weight excluding hydrogens is 257 g/mol. The smallest absolute Gasteiger partial charge is 0.187 e. The molecular formula is C11H16FN3O2S. The van der Waals surface area contributed by atoms with Crippen LogP contribution in [0.5, 0.6) is 0 Å². The number of aromatic nitrogens is 2. The summed E-state index contributed by atoms with van der Waals surface area (Å²) in [6, 6.07) is -0.266. The molecule has 0 radical (unpaired) electrons. The van der Waals surface area contributed by atoms with Crippen molar-refractivity contribution in [3.8, 4) is 0 Å².